The van der Waals surface area contributed by atoms with Gasteiger partial charge in [0.2, 0.25) is 0 Å². The van der Waals surface area contributed by atoms with Crippen LogP contribution in [0.4, 0.5) is 0 Å². The van der Waals surface area contributed by atoms with Crippen molar-refractivity contribution >= 4 is 0 Å². The van der Waals surface area contributed by atoms with Gasteiger partial charge in [-0.3, -0.25) is 0 Å². The van der Waals surface area contributed by atoms with Crippen LogP contribution in [0, 0.1) is 0 Å². The number of rotatable bonds is 16. The van der Waals surface area contributed by atoms with Crippen LogP contribution < -0.4 is 0 Å². The van der Waals surface area contributed by atoms with E-state index >= 15 is 0 Å². The summed E-state index contributed by atoms with van der Waals surface area (Å²) >= 11 is 0. The number of hydrogen-bond acceptors (Lipinski definition) is 7. The number of hydrogen-bond donors (Lipinski definition) is 2. The Balaban J connectivity index is 3.50. The van der Waals surface area contributed by atoms with Crippen molar-refractivity contribution in [1.82, 2.24) is 0 Å². The maximum atomic E-state index is 9.14. The van der Waals surface area contributed by atoms with E-state index in [1.54, 1.807) is 6.92 Å². The summed E-state index contributed by atoms with van der Waals surface area (Å²) in [7, 11) is 0. The highest BCUT2D eigenvalue weighted by atomic mass is 16.6. The first kappa shape index (κ1) is 22.7. The predicted octanol–water partition coefficient (Wildman–Crippen LogP) is 0.608. The minimum Gasteiger partial charge on any atom is -0.394 e. The van der Waals surface area contributed by atoms with E-state index in [1.165, 1.54) is 0 Å². The lowest BCUT2D eigenvalue weighted by molar-refractivity contribution is -0.0885. The molecule has 0 aliphatic rings. The van der Waals surface area contributed by atoms with Gasteiger partial charge in [0.1, 0.15) is 0 Å². The van der Waals surface area contributed by atoms with Crippen molar-refractivity contribution < 1.29 is 33.9 Å². The van der Waals surface area contributed by atoms with Crippen molar-refractivity contribution in [1.29, 1.82) is 0 Å². The van der Waals surface area contributed by atoms with E-state index in [9.17, 15) is 0 Å². The summed E-state index contributed by atoms with van der Waals surface area (Å²) in [6.07, 6.45) is -0.592. The molecular weight excluding hydrogens is 304 g/mol. The maximum Gasteiger partial charge on any atom is 0.0781 e. The molecule has 0 saturated carbocycles. The van der Waals surface area contributed by atoms with Gasteiger partial charge in [0.25, 0.3) is 0 Å². The second-order valence-electron chi connectivity index (χ2n) is 5.69. The quantitative estimate of drug-likeness (QED) is 0.399. The molecule has 0 rings (SSSR count). The molecule has 0 aromatic heterocycles. The molecule has 7 nitrogen and oxygen atoms in total. The summed E-state index contributed by atoms with van der Waals surface area (Å²) in [6, 6.07) is 0. The zero-order valence-electron chi connectivity index (χ0n) is 14.9. The molecule has 4 atom stereocenters. The smallest absolute Gasteiger partial charge is 0.0781 e. The van der Waals surface area contributed by atoms with Gasteiger partial charge < -0.3 is 33.9 Å². The predicted molar refractivity (Wildman–Crippen MR) is 86.6 cm³/mol. The highest BCUT2D eigenvalue weighted by molar-refractivity contribution is 4.56. The lowest BCUT2D eigenvalue weighted by Crippen LogP contribution is -2.28. The minimum absolute atomic E-state index is 0.0252. The lowest BCUT2D eigenvalue weighted by Gasteiger charge is -2.20. The summed E-state index contributed by atoms with van der Waals surface area (Å²) in [4.78, 5) is 0. The number of ether oxygens (including phenoxy) is 5. The third-order valence-electron chi connectivity index (χ3n) is 2.81. The summed E-state index contributed by atoms with van der Waals surface area (Å²) in [6.45, 7) is 10.5. The van der Waals surface area contributed by atoms with Crippen LogP contribution in [0.25, 0.3) is 0 Å². The Hall–Kier alpha value is -0.280. The van der Waals surface area contributed by atoms with E-state index < -0.39 is 6.10 Å². The molecule has 140 valence electrons. The van der Waals surface area contributed by atoms with Crippen LogP contribution in [0.2, 0.25) is 0 Å². The van der Waals surface area contributed by atoms with Crippen molar-refractivity contribution in [2.45, 2.75) is 52.1 Å². The van der Waals surface area contributed by atoms with Crippen LogP contribution in [0.1, 0.15) is 27.7 Å². The molecule has 0 radical (unpaired) electrons. The Morgan fingerprint density at radius 3 is 1.65 bits per heavy atom. The van der Waals surface area contributed by atoms with Crippen LogP contribution in [0.5, 0.6) is 0 Å². The fourth-order valence-electron chi connectivity index (χ4n) is 1.58. The van der Waals surface area contributed by atoms with Gasteiger partial charge in [0.05, 0.1) is 77.3 Å². The van der Waals surface area contributed by atoms with Crippen molar-refractivity contribution in [3.05, 3.63) is 0 Å². The number of aliphatic hydroxyl groups is 2. The Kier molecular flexibility index (Phi) is 15.1. The zero-order valence-corrected chi connectivity index (χ0v) is 14.9. The second-order valence-corrected chi connectivity index (χ2v) is 5.69. The number of aliphatic hydroxyl groups excluding tert-OH is 2. The maximum absolute atomic E-state index is 9.14. The SMILES string of the molecule is CC(O)COC(C)COC(C)COC(C)COCCOCCO. The van der Waals surface area contributed by atoms with Gasteiger partial charge in [-0.2, -0.15) is 0 Å². The molecule has 0 amide bonds. The van der Waals surface area contributed by atoms with Crippen molar-refractivity contribution in [3.8, 4) is 0 Å². The molecule has 0 aromatic rings. The molecule has 0 saturated heterocycles. The first-order chi connectivity index (χ1) is 11.0. The molecule has 0 heterocycles. The highest BCUT2D eigenvalue weighted by Gasteiger charge is 2.10. The molecule has 0 aromatic carbocycles. The normalized spacial score (nSPS) is 17.0. The van der Waals surface area contributed by atoms with Gasteiger partial charge in [-0.25, -0.2) is 0 Å². The van der Waals surface area contributed by atoms with Crippen LogP contribution in [0.3, 0.4) is 0 Å². The van der Waals surface area contributed by atoms with E-state index in [0.29, 0.717) is 46.2 Å². The third-order valence-corrected chi connectivity index (χ3v) is 2.81. The van der Waals surface area contributed by atoms with Gasteiger partial charge in [-0.05, 0) is 27.7 Å². The van der Waals surface area contributed by atoms with Crippen molar-refractivity contribution in [2.24, 2.45) is 0 Å². The topological polar surface area (TPSA) is 86.6 Å². The third kappa shape index (κ3) is 16.4. The molecular formula is C16H34O7. The zero-order chi connectivity index (χ0) is 17.5. The fourth-order valence-corrected chi connectivity index (χ4v) is 1.58. The van der Waals surface area contributed by atoms with E-state index in [0.717, 1.165) is 0 Å². The summed E-state index contributed by atoms with van der Waals surface area (Å²) in [5.41, 5.74) is 0. The molecule has 0 aliphatic carbocycles. The molecule has 7 heteroatoms. The standard InChI is InChI=1S/C16H34O7/c1-13(18)9-21-15(3)11-23-16(4)12-22-14(2)10-20-8-7-19-6-5-17/h13-18H,5-12H2,1-4H3. The van der Waals surface area contributed by atoms with Crippen LogP contribution in [0.15, 0.2) is 0 Å². The van der Waals surface area contributed by atoms with Crippen LogP contribution >= 0.6 is 0 Å². The first-order valence-electron chi connectivity index (χ1n) is 8.24. The second kappa shape index (κ2) is 15.3. The Morgan fingerprint density at radius 2 is 1.13 bits per heavy atom. The van der Waals surface area contributed by atoms with E-state index in [2.05, 4.69) is 0 Å². The minimum atomic E-state index is -0.465. The Morgan fingerprint density at radius 1 is 0.652 bits per heavy atom. The van der Waals surface area contributed by atoms with E-state index in [1.807, 2.05) is 20.8 Å². The monoisotopic (exact) mass is 338 g/mol. The average Bonchev–Trinajstić information content (AvgIpc) is 2.52. The van der Waals surface area contributed by atoms with Gasteiger partial charge in [-0.1, -0.05) is 0 Å². The molecule has 0 aliphatic heterocycles. The average molecular weight is 338 g/mol. The summed E-state index contributed by atoms with van der Waals surface area (Å²) in [5.74, 6) is 0. The van der Waals surface area contributed by atoms with Crippen molar-refractivity contribution in [3.63, 3.8) is 0 Å². The molecule has 4 unspecified atom stereocenters. The van der Waals surface area contributed by atoms with Gasteiger partial charge >= 0.3 is 0 Å². The highest BCUT2D eigenvalue weighted by Crippen LogP contribution is 2.01. The van der Waals surface area contributed by atoms with Crippen molar-refractivity contribution in [2.75, 3.05) is 52.9 Å². The Bertz CT molecular complexity index is 251. The molecule has 0 bridgehead atoms. The lowest BCUT2D eigenvalue weighted by atomic mass is 10.3. The fraction of sp³-hybridized carbons (Fsp3) is 1.00. The first-order valence-corrected chi connectivity index (χ1v) is 8.24. The van der Waals surface area contributed by atoms with Gasteiger partial charge in [-0.15, -0.1) is 0 Å². The van der Waals surface area contributed by atoms with Crippen LogP contribution in [-0.4, -0.2) is 87.5 Å². The van der Waals surface area contributed by atoms with E-state index in [-0.39, 0.29) is 24.9 Å². The molecule has 0 spiro atoms. The summed E-state index contributed by atoms with van der Waals surface area (Å²) < 4.78 is 27.2. The van der Waals surface area contributed by atoms with Gasteiger partial charge in [0.15, 0.2) is 0 Å². The summed E-state index contributed by atoms with van der Waals surface area (Å²) in [5, 5.41) is 17.7. The molecule has 2 N–H and O–H groups in total. The molecule has 0 fully saturated rings. The van der Waals surface area contributed by atoms with E-state index in [4.69, 9.17) is 33.9 Å². The largest absolute Gasteiger partial charge is 0.394 e. The van der Waals surface area contributed by atoms with Gasteiger partial charge in [0, 0.05) is 0 Å². The van der Waals surface area contributed by atoms with Crippen LogP contribution in [-0.2, 0) is 23.7 Å². The Labute approximate surface area is 139 Å². The molecule has 23 heavy (non-hydrogen) atoms.